The van der Waals surface area contributed by atoms with E-state index in [2.05, 4.69) is 21.3 Å². The lowest BCUT2D eigenvalue weighted by molar-refractivity contribution is -0.132. The summed E-state index contributed by atoms with van der Waals surface area (Å²) in [4.78, 5) is 65.1. The highest BCUT2D eigenvalue weighted by Gasteiger charge is 2.63. The standard InChI is InChI=1S/C36H42N4O6/c1-23(2)18-31(33(43)38-27(21-41)19-26-14-9-17-37-32(26)42)39-34(44)36(40-35(45)46-22-24-10-4-3-5-11-24)20-30(36)29-16-8-13-25-12-6-7-15-28(25)29/h3-8,10-13,15-16,21,23,26-27,30-31H,9,14,17-20,22H2,1-2H3,(H,37,42)(H,38,43)(H,39,44)(H,40,45)/t26-,27-,30?,31-,36?/m0/s1. The molecule has 0 radical (unpaired) electrons. The molecule has 1 saturated heterocycles. The van der Waals surface area contributed by atoms with Crippen LogP contribution in [0.1, 0.15) is 63.0 Å². The molecule has 4 amide bonds. The van der Waals surface area contributed by atoms with Crippen LogP contribution in [0.15, 0.2) is 72.8 Å². The fraction of sp³-hybridized carbons (Fsp3) is 0.417. The minimum Gasteiger partial charge on any atom is -0.445 e. The SMILES string of the molecule is CC(C)C[C@H](NC(=O)C1(NC(=O)OCc2ccccc2)CC1c1cccc2ccccc12)C(=O)N[C@H](C=O)C[C@@H]1CCCNC1=O. The molecule has 10 nitrogen and oxygen atoms in total. The predicted octanol–water partition coefficient (Wildman–Crippen LogP) is 4.12. The van der Waals surface area contributed by atoms with Crippen molar-refractivity contribution in [2.45, 2.75) is 76.1 Å². The molecule has 0 aromatic heterocycles. The molecular weight excluding hydrogens is 584 g/mol. The molecule has 0 bridgehead atoms. The molecule has 242 valence electrons. The minimum atomic E-state index is -1.35. The van der Waals surface area contributed by atoms with Gasteiger partial charge < -0.3 is 30.8 Å². The molecular formula is C36H42N4O6. The predicted molar refractivity (Wildman–Crippen MR) is 174 cm³/mol. The van der Waals surface area contributed by atoms with E-state index in [4.69, 9.17) is 4.74 Å². The summed E-state index contributed by atoms with van der Waals surface area (Å²) in [5.41, 5.74) is 0.368. The number of hydrogen-bond donors (Lipinski definition) is 4. The third-order valence-electron chi connectivity index (χ3n) is 8.86. The number of ether oxygens (including phenoxy) is 1. The van der Waals surface area contributed by atoms with E-state index in [1.54, 1.807) is 0 Å². The number of amides is 4. The van der Waals surface area contributed by atoms with Crippen LogP contribution in [0.25, 0.3) is 10.8 Å². The second-order valence-electron chi connectivity index (χ2n) is 12.8. The monoisotopic (exact) mass is 626 g/mol. The van der Waals surface area contributed by atoms with Gasteiger partial charge in [0, 0.05) is 18.4 Å². The maximum atomic E-state index is 14.2. The molecule has 3 aromatic rings. The third-order valence-corrected chi connectivity index (χ3v) is 8.86. The fourth-order valence-corrected chi connectivity index (χ4v) is 6.37. The van der Waals surface area contributed by atoms with Gasteiger partial charge in [-0.2, -0.15) is 0 Å². The topological polar surface area (TPSA) is 143 Å². The van der Waals surface area contributed by atoms with E-state index in [0.29, 0.717) is 32.1 Å². The highest BCUT2D eigenvalue weighted by Crippen LogP contribution is 2.53. The van der Waals surface area contributed by atoms with E-state index in [1.807, 2.05) is 86.6 Å². The van der Waals surface area contributed by atoms with Gasteiger partial charge in [0.25, 0.3) is 0 Å². The Bertz CT molecular complexity index is 1570. The Kier molecular flexibility index (Phi) is 10.3. The molecule has 1 heterocycles. The molecule has 5 atom stereocenters. The smallest absolute Gasteiger partial charge is 0.408 e. The lowest BCUT2D eigenvalue weighted by Gasteiger charge is -2.27. The zero-order valence-corrected chi connectivity index (χ0v) is 26.3. The number of piperidine rings is 1. The lowest BCUT2D eigenvalue weighted by Crippen LogP contribution is -2.57. The zero-order chi connectivity index (χ0) is 32.7. The van der Waals surface area contributed by atoms with Crippen molar-refractivity contribution in [3.63, 3.8) is 0 Å². The van der Waals surface area contributed by atoms with Crippen molar-refractivity contribution in [3.05, 3.63) is 83.9 Å². The maximum absolute atomic E-state index is 14.2. The molecule has 1 saturated carbocycles. The van der Waals surface area contributed by atoms with Gasteiger partial charge in [-0.1, -0.05) is 86.6 Å². The van der Waals surface area contributed by atoms with Gasteiger partial charge in [0.1, 0.15) is 24.5 Å². The maximum Gasteiger partial charge on any atom is 0.408 e. The number of rotatable bonds is 13. The molecule has 1 aliphatic heterocycles. The Morgan fingerprint density at radius 1 is 1.00 bits per heavy atom. The molecule has 5 rings (SSSR count). The Hall–Kier alpha value is -4.73. The van der Waals surface area contributed by atoms with Gasteiger partial charge in [0.15, 0.2) is 0 Å². The van der Waals surface area contributed by atoms with Gasteiger partial charge in [-0.25, -0.2) is 4.79 Å². The Labute approximate surface area is 269 Å². The van der Waals surface area contributed by atoms with Crippen LogP contribution in [0.2, 0.25) is 0 Å². The number of aldehydes is 1. The first-order valence-corrected chi connectivity index (χ1v) is 16.0. The summed E-state index contributed by atoms with van der Waals surface area (Å²) in [6.45, 7) is 4.50. The Morgan fingerprint density at radius 2 is 1.74 bits per heavy atom. The average molecular weight is 627 g/mol. The van der Waals surface area contributed by atoms with Crippen LogP contribution in [-0.4, -0.2) is 54.3 Å². The lowest BCUT2D eigenvalue weighted by atomic mass is 9.91. The van der Waals surface area contributed by atoms with E-state index in [1.165, 1.54) is 0 Å². The normalized spacial score (nSPS) is 21.8. The molecule has 0 spiro atoms. The first-order chi connectivity index (χ1) is 22.2. The summed E-state index contributed by atoms with van der Waals surface area (Å²) >= 11 is 0. The second kappa shape index (κ2) is 14.6. The van der Waals surface area contributed by atoms with E-state index < -0.39 is 35.5 Å². The van der Waals surface area contributed by atoms with Gasteiger partial charge >= 0.3 is 6.09 Å². The van der Waals surface area contributed by atoms with E-state index >= 15 is 0 Å². The van der Waals surface area contributed by atoms with Crippen LogP contribution >= 0.6 is 0 Å². The molecule has 10 heteroatoms. The molecule has 1 aliphatic carbocycles. The van der Waals surface area contributed by atoms with Crippen molar-refractivity contribution in [2.75, 3.05) is 6.54 Å². The van der Waals surface area contributed by atoms with Crippen LogP contribution in [0, 0.1) is 11.8 Å². The molecule has 3 aromatic carbocycles. The van der Waals surface area contributed by atoms with Gasteiger partial charge in [-0.05, 0) is 59.9 Å². The Morgan fingerprint density at radius 3 is 2.48 bits per heavy atom. The van der Waals surface area contributed by atoms with Crippen molar-refractivity contribution >= 4 is 40.9 Å². The highest BCUT2D eigenvalue weighted by molar-refractivity contribution is 5.99. The zero-order valence-electron chi connectivity index (χ0n) is 26.3. The molecule has 4 N–H and O–H groups in total. The Balaban J connectivity index is 1.35. The number of carbonyl (C=O) groups excluding carboxylic acids is 5. The summed E-state index contributed by atoms with van der Waals surface area (Å²) in [7, 11) is 0. The summed E-state index contributed by atoms with van der Waals surface area (Å²) in [5.74, 6) is -1.85. The van der Waals surface area contributed by atoms with Crippen molar-refractivity contribution < 1.29 is 28.7 Å². The number of alkyl carbamates (subject to hydrolysis) is 1. The summed E-state index contributed by atoms with van der Waals surface area (Å²) < 4.78 is 5.51. The number of nitrogens with one attached hydrogen (secondary N) is 4. The number of benzene rings is 3. The van der Waals surface area contributed by atoms with Gasteiger partial charge in [0.2, 0.25) is 17.7 Å². The van der Waals surface area contributed by atoms with Crippen LogP contribution in [-0.2, 0) is 30.5 Å². The van der Waals surface area contributed by atoms with Gasteiger partial charge in [-0.15, -0.1) is 0 Å². The molecule has 46 heavy (non-hydrogen) atoms. The molecule has 2 unspecified atom stereocenters. The third kappa shape index (κ3) is 7.73. The van der Waals surface area contributed by atoms with Crippen LogP contribution in [0.4, 0.5) is 4.79 Å². The van der Waals surface area contributed by atoms with E-state index in [9.17, 15) is 24.0 Å². The van der Waals surface area contributed by atoms with Gasteiger partial charge in [-0.3, -0.25) is 14.4 Å². The van der Waals surface area contributed by atoms with Crippen LogP contribution in [0.3, 0.4) is 0 Å². The number of hydrogen-bond acceptors (Lipinski definition) is 6. The first-order valence-electron chi connectivity index (χ1n) is 16.0. The number of fused-ring (bicyclic) bond motifs is 1. The second-order valence-corrected chi connectivity index (χ2v) is 12.8. The molecule has 2 fully saturated rings. The minimum absolute atomic E-state index is 0.0302. The largest absolute Gasteiger partial charge is 0.445 e. The summed E-state index contributed by atoms with van der Waals surface area (Å²) in [5, 5.41) is 13.3. The van der Waals surface area contributed by atoms with Crippen molar-refractivity contribution in [3.8, 4) is 0 Å². The van der Waals surface area contributed by atoms with Crippen LogP contribution in [0.5, 0.6) is 0 Å². The van der Waals surface area contributed by atoms with Gasteiger partial charge in [0.05, 0.1) is 6.04 Å². The fourth-order valence-electron chi connectivity index (χ4n) is 6.37. The first kappa shape index (κ1) is 32.7. The van der Waals surface area contributed by atoms with Crippen molar-refractivity contribution in [1.82, 2.24) is 21.3 Å². The van der Waals surface area contributed by atoms with E-state index in [0.717, 1.165) is 28.3 Å². The number of carbonyl (C=O) groups is 5. The van der Waals surface area contributed by atoms with Crippen molar-refractivity contribution in [2.24, 2.45) is 11.8 Å². The molecule has 2 aliphatic rings. The summed E-state index contributed by atoms with van der Waals surface area (Å²) in [6, 6.07) is 21.1. The van der Waals surface area contributed by atoms with Crippen molar-refractivity contribution in [1.29, 1.82) is 0 Å². The van der Waals surface area contributed by atoms with Crippen LogP contribution < -0.4 is 21.3 Å². The van der Waals surface area contributed by atoms with E-state index in [-0.39, 0.29) is 36.7 Å². The highest BCUT2D eigenvalue weighted by atomic mass is 16.5. The quantitative estimate of drug-likeness (QED) is 0.210. The average Bonchev–Trinajstić information content (AvgIpc) is 3.78. The summed E-state index contributed by atoms with van der Waals surface area (Å²) in [6.07, 6.45) is 2.16.